The minimum absolute atomic E-state index is 0.100. The summed E-state index contributed by atoms with van der Waals surface area (Å²) in [6, 6.07) is 53.4. The van der Waals surface area contributed by atoms with Gasteiger partial charge < -0.3 is 4.90 Å². The van der Waals surface area contributed by atoms with Crippen molar-refractivity contribution in [3.05, 3.63) is 201 Å². The largest absolute Gasteiger partial charge is 0.310 e. The molecule has 2 aliphatic rings. The van der Waals surface area contributed by atoms with Crippen molar-refractivity contribution in [3.63, 3.8) is 0 Å². The second kappa shape index (κ2) is 14.4. The number of anilines is 3. The Hall–Kier alpha value is -5.90. The topological polar surface area (TPSA) is 3.24 Å². The lowest BCUT2D eigenvalue weighted by molar-refractivity contribution is 0.660. The summed E-state index contributed by atoms with van der Waals surface area (Å²) in [6.45, 7) is 23.3. The molecule has 0 saturated carbocycles. The first-order valence-electron chi connectivity index (χ1n) is 21.9. The van der Waals surface area contributed by atoms with Gasteiger partial charge in [0.25, 0.3) is 0 Å². The Morgan fingerprint density at radius 1 is 0.426 bits per heavy atom. The van der Waals surface area contributed by atoms with E-state index in [-0.39, 0.29) is 17.5 Å². The van der Waals surface area contributed by atoms with Crippen molar-refractivity contribution in [1.29, 1.82) is 0 Å². The van der Waals surface area contributed by atoms with Crippen molar-refractivity contribution < 1.29 is 0 Å². The van der Waals surface area contributed by atoms with Crippen LogP contribution in [0.5, 0.6) is 0 Å². The number of thiophene rings is 1. The summed E-state index contributed by atoms with van der Waals surface area (Å²) in [5.74, 6) is 0. The standard InChI is InChI=1S/C58H54BNS/c1-35-28-37(3)54(38(4)29-35)59(55-39(5)30-36(2)31-40(55)6)53-26-27-61-56(53)41-16-15-17-42(32-41)60(43-22-24-47-45-18-11-13-20-49(45)57(7,8)51(47)33-43)44-23-25-48-46-19-12-14-21-50(46)58(9,10)52(48)34-44/h11-34H,1-10H3. The smallest absolute Gasteiger partial charge is 0.244 e. The summed E-state index contributed by atoms with van der Waals surface area (Å²) in [6.07, 6.45) is 0. The molecule has 300 valence electrons. The van der Waals surface area contributed by atoms with Gasteiger partial charge in [-0.3, -0.25) is 0 Å². The molecule has 61 heavy (non-hydrogen) atoms. The molecular formula is C58H54BNS. The fourth-order valence-electron chi connectivity index (χ4n) is 11.4. The van der Waals surface area contributed by atoms with E-state index >= 15 is 0 Å². The number of aryl methyl sites for hydroxylation is 6. The molecule has 10 rings (SSSR count). The van der Waals surface area contributed by atoms with E-state index in [2.05, 4.69) is 219 Å². The zero-order valence-corrected chi connectivity index (χ0v) is 38.1. The summed E-state index contributed by atoms with van der Waals surface area (Å²) in [7, 11) is 0. The third kappa shape index (κ3) is 6.19. The van der Waals surface area contributed by atoms with Crippen LogP contribution in [0.4, 0.5) is 17.1 Å². The van der Waals surface area contributed by atoms with Crippen molar-refractivity contribution in [2.24, 2.45) is 0 Å². The van der Waals surface area contributed by atoms with Crippen LogP contribution in [0.25, 0.3) is 32.7 Å². The van der Waals surface area contributed by atoms with Crippen LogP contribution in [0.2, 0.25) is 0 Å². The van der Waals surface area contributed by atoms with Crippen molar-refractivity contribution in [1.82, 2.24) is 0 Å². The molecule has 1 heterocycles. The normalized spacial score (nSPS) is 14.0. The summed E-state index contributed by atoms with van der Waals surface area (Å²) < 4.78 is 0. The summed E-state index contributed by atoms with van der Waals surface area (Å²) in [5.41, 5.74) is 27.6. The highest BCUT2D eigenvalue weighted by Gasteiger charge is 2.38. The Labute approximate surface area is 367 Å². The first kappa shape index (κ1) is 39.3. The van der Waals surface area contributed by atoms with Crippen molar-refractivity contribution in [2.75, 3.05) is 4.90 Å². The number of hydrogen-bond donors (Lipinski definition) is 0. The van der Waals surface area contributed by atoms with E-state index in [1.54, 1.807) is 0 Å². The molecule has 3 heteroatoms. The number of hydrogen-bond acceptors (Lipinski definition) is 2. The van der Waals surface area contributed by atoms with E-state index in [1.165, 1.54) is 116 Å². The zero-order valence-electron chi connectivity index (χ0n) is 37.3. The molecule has 7 aromatic carbocycles. The van der Waals surface area contributed by atoms with E-state index in [0.29, 0.717) is 0 Å². The molecule has 0 aliphatic heterocycles. The lowest BCUT2D eigenvalue weighted by Gasteiger charge is -2.30. The van der Waals surface area contributed by atoms with E-state index in [1.807, 2.05) is 11.3 Å². The van der Waals surface area contributed by atoms with Gasteiger partial charge in [0.05, 0.1) is 0 Å². The summed E-state index contributed by atoms with van der Waals surface area (Å²) in [4.78, 5) is 3.83. The van der Waals surface area contributed by atoms with Crippen LogP contribution in [0, 0.1) is 41.5 Å². The molecule has 8 aromatic rings. The Kier molecular flexibility index (Phi) is 9.24. The fraction of sp³-hybridized carbons (Fsp3) is 0.207. The molecule has 0 N–H and O–H groups in total. The molecule has 0 amide bonds. The number of fused-ring (bicyclic) bond motifs is 6. The molecule has 0 fully saturated rings. The van der Waals surface area contributed by atoms with Crippen LogP contribution in [0.1, 0.15) is 83.3 Å². The van der Waals surface area contributed by atoms with E-state index in [9.17, 15) is 0 Å². The van der Waals surface area contributed by atoms with Gasteiger partial charge in [-0.05, 0) is 133 Å². The maximum absolute atomic E-state index is 2.51. The predicted molar refractivity (Wildman–Crippen MR) is 266 cm³/mol. The summed E-state index contributed by atoms with van der Waals surface area (Å²) >= 11 is 1.86. The molecule has 0 spiro atoms. The van der Waals surface area contributed by atoms with E-state index in [0.717, 1.165) is 5.69 Å². The highest BCUT2D eigenvalue weighted by molar-refractivity contribution is 7.17. The average Bonchev–Trinajstić information content (AvgIpc) is 3.87. The van der Waals surface area contributed by atoms with Gasteiger partial charge in [0.15, 0.2) is 0 Å². The van der Waals surface area contributed by atoms with Gasteiger partial charge in [-0.1, -0.05) is 181 Å². The molecule has 0 bridgehead atoms. The number of rotatable bonds is 7. The minimum Gasteiger partial charge on any atom is -0.310 e. The van der Waals surface area contributed by atoms with Gasteiger partial charge in [0.2, 0.25) is 6.71 Å². The Balaban J connectivity index is 1.16. The van der Waals surface area contributed by atoms with E-state index < -0.39 is 0 Å². The molecular weight excluding hydrogens is 754 g/mol. The zero-order chi connectivity index (χ0) is 42.5. The Morgan fingerprint density at radius 2 is 0.869 bits per heavy atom. The van der Waals surface area contributed by atoms with E-state index in [4.69, 9.17) is 0 Å². The van der Waals surface area contributed by atoms with Crippen molar-refractivity contribution in [2.45, 2.75) is 80.1 Å². The molecule has 0 radical (unpaired) electrons. The molecule has 0 saturated heterocycles. The van der Waals surface area contributed by atoms with Gasteiger partial charge in [-0.25, -0.2) is 0 Å². The van der Waals surface area contributed by atoms with Crippen LogP contribution in [0.15, 0.2) is 145 Å². The molecule has 2 aliphatic carbocycles. The predicted octanol–water partition coefficient (Wildman–Crippen LogP) is 13.9. The van der Waals surface area contributed by atoms with Crippen molar-refractivity contribution >= 4 is 51.5 Å². The van der Waals surface area contributed by atoms with Crippen LogP contribution in [-0.4, -0.2) is 6.71 Å². The first-order valence-corrected chi connectivity index (χ1v) is 22.7. The lowest BCUT2D eigenvalue weighted by Crippen LogP contribution is -2.56. The van der Waals surface area contributed by atoms with Crippen LogP contribution in [-0.2, 0) is 10.8 Å². The second-order valence-corrected chi connectivity index (χ2v) is 19.9. The highest BCUT2D eigenvalue weighted by atomic mass is 32.1. The van der Waals surface area contributed by atoms with Gasteiger partial charge in [0.1, 0.15) is 0 Å². The monoisotopic (exact) mass is 807 g/mol. The van der Waals surface area contributed by atoms with Crippen LogP contribution in [0.3, 0.4) is 0 Å². The van der Waals surface area contributed by atoms with Gasteiger partial charge in [-0.15, -0.1) is 11.3 Å². The number of benzene rings is 7. The Morgan fingerprint density at radius 3 is 1.36 bits per heavy atom. The van der Waals surface area contributed by atoms with Gasteiger partial charge >= 0.3 is 0 Å². The van der Waals surface area contributed by atoms with Crippen LogP contribution < -0.4 is 21.3 Å². The third-order valence-corrected chi connectivity index (χ3v) is 15.1. The third-order valence-electron chi connectivity index (χ3n) is 14.1. The molecule has 1 nitrogen and oxygen atoms in total. The maximum atomic E-state index is 2.51. The first-order chi connectivity index (χ1) is 29.2. The number of nitrogens with zero attached hydrogens (tertiary/aromatic N) is 1. The SMILES string of the molecule is Cc1cc(C)c(B(c2ccsc2-c2cccc(N(c3ccc4c(c3)C(C)(C)c3ccccc3-4)c3ccc4c(c3)C(C)(C)c3ccccc3-4)c2)c2c(C)cc(C)cc2C)c(C)c1. The van der Waals surface area contributed by atoms with Crippen LogP contribution >= 0.6 is 11.3 Å². The maximum Gasteiger partial charge on any atom is 0.244 e. The summed E-state index contributed by atoms with van der Waals surface area (Å²) in [5, 5.41) is 2.31. The van der Waals surface area contributed by atoms with Gasteiger partial charge in [0, 0.05) is 32.8 Å². The molecule has 1 aromatic heterocycles. The average molecular weight is 808 g/mol. The second-order valence-electron chi connectivity index (χ2n) is 18.9. The lowest BCUT2D eigenvalue weighted by atomic mass is 9.34. The Bertz CT molecular complexity index is 2860. The fourth-order valence-corrected chi connectivity index (χ4v) is 12.4. The van der Waals surface area contributed by atoms with Gasteiger partial charge in [-0.2, -0.15) is 0 Å². The molecule has 0 unspecified atom stereocenters. The minimum atomic E-state index is -0.115. The highest BCUT2D eigenvalue weighted by Crippen LogP contribution is 2.53. The quantitative estimate of drug-likeness (QED) is 0.145. The van der Waals surface area contributed by atoms with Crippen molar-refractivity contribution in [3.8, 4) is 32.7 Å². The molecule has 0 atom stereocenters.